The molecule has 6 heteroatoms. The Morgan fingerprint density at radius 3 is 2.56 bits per heavy atom. The van der Waals surface area contributed by atoms with E-state index in [1.807, 2.05) is 6.92 Å². The predicted octanol–water partition coefficient (Wildman–Crippen LogP) is 1.70. The Kier molecular flexibility index (Phi) is 4.84. The normalized spacial score (nSPS) is 13.9. The van der Waals surface area contributed by atoms with E-state index >= 15 is 0 Å². The van der Waals surface area contributed by atoms with E-state index in [-0.39, 0.29) is 23.0 Å². The number of rotatable bonds is 5. The van der Waals surface area contributed by atoms with E-state index in [4.69, 9.17) is 5.73 Å². The third-order valence-corrected chi connectivity index (χ3v) is 5.21. The van der Waals surface area contributed by atoms with Gasteiger partial charge in [0.2, 0.25) is 10.0 Å². The largest absolute Gasteiger partial charge is 0.326 e. The summed E-state index contributed by atoms with van der Waals surface area (Å²) in [4.78, 5) is -0.0483. The zero-order valence-electron chi connectivity index (χ0n) is 10.9. The molecular weight excluding hydrogens is 255 g/mol. The van der Waals surface area contributed by atoms with E-state index in [9.17, 15) is 12.8 Å². The average molecular weight is 274 g/mol. The van der Waals surface area contributed by atoms with Gasteiger partial charge in [0.15, 0.2) is 0 Å². The fourth-order valence-electron chi connectivity index (χ4n) is 1.63. The van der Waals surface area contributed by atoms with Crippen LogP contribution < -0.4 is 5.73 Å². The minimum Gasteiger partial charge on any atom is -0.326 e. The Labute approximate surface area is 108 Å². The van der Waals surface area contributed by atoms with Crippen molar-refractivity contribution >= 4 is 10.0 Å². The Hall–Kier alpha value is -0.980. The summed E-state index contributed by atoms with van der Waals surface area (Å²) in [6.07, 6.45) is 0.684. The molecule has 4 nitrogen and oxygen atoms in total. The van der Waals surface area contributed by atoms with Crippen LogP contribution in [0, 0.1) is 5.82 Å². The van der Waals surface area contributed by atoms with E-state index < -0.39 is 15.8 Å². The molecule has 0 radical (unpaired) electrons. The Bertz CT molecular complexity index is 517. The number of hydrogen-bond acceptors (Lipinski definition) is 3. The highest BCUT2D eigenvalue weighted by Gasteiger charge is 2.27. The standard InChI is InChI=1S/C12H19FN2O2S/c1-4-9(2)15(3)18(16,17)12-7-5-6-11(13)10(12)8-14/h5-7,9H,4,8,14H2,1-3H3. The summed E-state index contributed by atoms with van der Waals surface area (Å²) in [7, 11) is -2.21. The molecule has 1 rings (SSSR count). The van der Waals surface area contributed by atoms with Crippen LogP contribution in [0.1, 0.15) is 25.8 Å². The lowest BCUT2D eigenvalue weighted by Gasteiger charge is -2.24. The zero-order valence-corrected chi connectivity index (χ0v) is 11.7. The van der Waals surface area contributed by atoms with Crippen molar-refractivity contribution in [3.05, 3.63) is 29.6 Å². The van der Waals surface area contributed by atoms with Crippen molar-refractivity contribution in [3.63, 3.8) is 0 Å². The van der Waals surface area contributed by atoms with Crippen LogP contribution in [0.3, 0.4) is 0 Å². The van der Waals surface area contributed by atoms with Gasteiger partial charge < -0.3 is 5.73 Å². The number of halogens is 1. The molecule has 0 heterocycles. The number of sulfonamides is 1. The molecule has 0 saturated heterocycles. The molecular formula is C12H19FN2O2S. The Balaban J connectivity index is 3.33. The highest BCUT2D eigenvalue weighted by atomic mass is 32.2. The number of benzene rings is 1. The van der Waals surface area contributed by atoms with Gasteiger partial charge in [-0.1, -0.05) is 13.0 Å². The van der Waals surface area contributed by atoms with Gasteiger partial charge in [-0.15, -0.1) is 0 Å². The second kappa shape index (κ2) is 5.77. The highest BCUT2D eigenvalue weighted by molar-refractivity contribution is 7.89. The molecule has 1 atom stereocenters. The van der Waals surface area contributed by atoms with Gasteiger partial charge in [-0.25, -0.2) is 12.8 Å². The topological polar surface area (TPSA) is 63.4 Å². The molecule has 1 aromatic carbocycles. The lowest BCUT2D eigenvalue weighted by atomic mass is 10.2. The molecule has 0 aliphatic heterocycles. The first-order chi connectivity index (χ1) is 8.36. The molecule has 102 valence electrons. The first-order valence-corrected chi connectivity index (χ1v) is 7.25. The van der Waals surface area contributed by atoms with Gasteiger partial charge in [0.25, 0.3) is 0 Å². The van der Waals surface area contributed by atoms with Crippen LogP contribution in [0.25, 0.3) is 0 Å². The molecule has 1 unspecified atom stereocenters. The third kappa shape index (κ3) is 2.71. The van der Waals surface area contributed by atoms with Gasteiger partial charge in [-0.2, -0.15) is 4.31 Å². The summed E-state index contributed by atoms with van der Waals surface area (Å²) in [5.74, 6) is -0.587. The van der Waals surface area contributed by atoms with Crippen molar-refractivity contribution in [2.45, 2.75) is 37.8 Å². The fraction of sp³-hybridized carbons (Fsp3) is 0.500. The minimum atomic E-state index is -3.70. The van der Waals surface area contributed by atoms with Crippen molar-refractivity contribution in [2.75, 3.05) is 7.05 Å². The second-order valence-electron chi connectivity index (χ2n) is 4.20. The maximum atomic E-state index is 13.6. The van der Waals surface area contributed by atoms with Crippen LogP contribution in [-0.4, -0.2) is 25.8 Å². The molecule has 0 saturated carbocycles. The van der Waals surface area contributed by atoms with Crippen molar-refractivity contribution in [1.29, 1.82) is 0 Å². The number of nitrogens with zero attached hydrogens (tertiary/aromatic N) is 1. The quantitative estimate of drug-likeness (QED) is 0.889. The molecule has 0 aliphatic carbocycles. The summed E-state index contributed by atoms with van der Waals surface area (Å²) < 4.78 is 39.6. The van der Waals surface area contributed by atoms with Gasteiger partial charge >= 0.3 is 0 Å². The smallest absolute Gasteiger partial charge is 0.243 e. The van der Waals surface area contributed by atoms with Crippen LogP contribution in [-0.2, 0) is 16.6 Å². The predicted molar refractivity (Wildman–Crippen MR) is 69.0 cm³/mol. The highest BCUT2D eigenvalue weighted by Crippen LogP contribution is 2.23. The molecule has 0 spiro atoms. The maximum absolute atomic E-state index is 13.6. The summed E-state index contributed by atoms with van der Waals surface area (Å²) in [6, 6.07) is 3.83. The molecule has 1 aromatic rings. The lowest BCUT2D eigenvalue weighted by molar-refractivity contribution is 0.380. The van der Waals surface area contributed by atoms with Crippen LogP contribution in [0.5, 0.6) is 0 Å². The molecule has 18 heavy (non-hydrogen) atoms. The van der Waals surface area contributed by atoms with Gasteiger partial charge in [0, 0.05) is 25.2 Å². The maximum Gasteiger partial charge on any atom is 0.243 e. The van der Waals surface area contributed by atoms with E-state index in [1.54, 1.807) is 6.92 Å². The van der Waals surface area contributed by atoms with Gasteiger partial charge in [-0.3, -0.25) is 0 Å². The van der Waals surface area contributed by atoms with Crippen LogP contribution in [0.15, 0.2) is 23.1 Å². The summed E-state index contributed by atoms with van der Waals surface area (Å²) in [5, 5.41) is 0. The van der Waals surface area contributed by atoms with Crippen LogP contribution in [0.4, 0.5) is 4.39 Å². The molecule has 0 aliphatic rings. The zero-order chi connectivity index (χ0) is 13.9. The Morgan fingerprint density at radius 2 is 2.06 bits per heavy atom. The van der Waals surface area contributed by atoms with Crippen LogP contribution >= 0.6 is 0 Å². The number of hydrogen-bond donors (Lipinski definition) is 1. The van der Waals surface area contributed by atoms with Crippen LogP contribution in [0.2, 0.25) is 0 Å². The van der Waals surface area contributed by atoms with E-state index in [0.29, 0.717) is 6.42 Å². The van der Waals surface area contributed by atoms with Gasteiger partial charge in [-0.05, 0) is 25.5 Å². The Morgan fingerprint density at radius 1 is 1.44 bits per heavy atom. The van der Waals surface area contributed by atoms with Crippen molar-refractivity contribution in [3.8, 4) is 0 Å². The van der Waals surface area contributed by atoms with Gasteiger partial charge in [0.1, 0.15) is 5.82 Å². The summed E-state index contributed by atoms with van der Waals surface area (Å²) in [5.41, 5.74) is 5.47. The van der Waals surface area contributed by atoms with E-state index in [0.717, 1.165) is 0 Å². The molecule has 0 amide bonds. The number of nitrogens with two attached hydrogens (primary N) is 1. The molecule has 0 aromatic heterocycles. The van der Waals surface area contributed by atoms with E-state index in [2.05, 4.69) is 0 Å². The summed E-state index contributed by atoms with van der Waals surface area (Å²) >= 11 is 0. The molecule has 0 fully saturated rings. The van der Waals surface area contributed by atoms with Crippen molar-refractivity contribution in [1.82, 2.24) is 4.31 Å². The first kappa shape index (κ1) is 15.1. The molecule has 2 N–H and O–H groups in total. The second-order valence-corrected chi connectivity index (χ2v) is 6.17. The molecule has 0 bridgehead atoms. The fourth-order valence-corrected chi connectivity index (χ4v) is 3.30. The summed E-state index contributed by atoms with van der Waals surface area (Å²) in [6.45, 7) is 3.56. The first-order valence-electron chi connectivity index (χ1n) is 5.81. The lowest BCUT2D eigenvalue weighted by Crippen LogP contribution is -2.35. The monoisotopic (exact) mass is 274 g/mol. The van der Waals surface area contributed by atoms with Gasteiger partial charge in [0.05, 0.1) is 4.90 Å². The van der Waals surface area contributed by atoms with E-state index in [1.165, 1.54) is 29.6 Å². The third-order valence-electron chi connectivity index (χ3n) is 3.15. The minimum absolute atomic E-state index is 0.0349. The van der Waals surface area contributed by atoms with Crippen molar-refractivity contribution in [2.24, 2.45) is 5.73 Å². The average Bonchev–Trinajstić information content (AvgIpc) is 2.36. The van der Waals surface area contributed by atoms with Crippen molar-refractivity contribution < 1.29 is 12.8 Å². The SMILES string of the molecule is CCC(C)N(C)S(=O)(=O)c1cccc(F)c1CN.